The van der Waals surface area contributed by atoms with Crippen LogP contribution < -0.4 is 16.0 Å². The highest BCUT2D eigenvalue weighted by Gasteiger charge is 2.30. The molecule has 0 aliphatic carbocycles. The van der Waals surface area contributed by atoms with Crippen LogP contribution >= 0.6 is 0 Å². The molecule has 0 heterocycles. The average Bonchev–Trinajstić information content (AvgIpc) is 2.80. The fourth-order valence-corrected chi connectivity index (χ4v) is 3.22. The topological polar surface area (TPSA) is 171 Å². The summed E-state index contributed by atoms with van der Waals surface area (Å²) in [6, 6.07) is 1.12. The average molecular weight is 506 g/mol. The number of hydrogen-bond donors (Lipinski definition) is 5. The van der Waals surface area contributed by atoms with Crippen molar-refractivity contribution in [3.63, 3.8) is 0 Å². The van der Waals surface area contributed by atoms with Gasteiger partial charge in [0.1, 0.15) is 23.6 Å². The highest BCUT2D eigenvalue weighted by Crippen LogP contribution is 2.19. The Morgan fingerprint density at radius 1 is 1.06 bits per heavy atom. The minimum atomic E-state index is -1.39. The van der Waals surface area contributed by atoms with Gasteiger partial charge in [-0.1, -0.05) is 26.0 Å². The van der Waals surface area contributed by atoms with Crippen molar-refractivity contribution in [2.45, 2.75) is 59.2 Å². The van der Waals surface area contributed by atoms with E-state index in [0.29, 0.717) is 5.56 Å². The van der Waals surface area contributed by atoms with Gasteiger partial charge < -0.3 is 30.9 Å². The van der Waals surface area contributed by atoms with Crippen LogP contribution in [0.3, 0.4) is 0 Å². The van der Waals surface area contributed by atoms with Crippen molar-refractivity contribution in [2.24, 2.45) is 5.92 Å². The predicted octanol–water partition coefficient (Wildman–Crippen LogP) is 0.515. The molecule has 0 unspecified atom stereocenters. The van der Waals surface area contributed by atoms with E-state index in [1.807, 2.05) is 0 Å². The molecule has 3 amide bonds. The van der Waals surface area contributed by atoms with Crippen LogP contribution in [0.2, 0.25) is 0 Å². The van der Waals surface area contributed by atoms with E-state index in [2.05, 4.69) is 16.0 Å². The van der Waals surface area contributed by atoms with Crippen LogP contribution in [0.15, 0.2) is 30.4 Å². The second-order valence-corrected chi connectivity index (χ2v) is 8.52. The quantitative estimate of drug-likeness (QED) is 0.191. The van der Waals surface area contributed by atoms with Crippen LogP contribution in [0.4, 0.5) is 0 Å². The lowest BCUT2D eigenvalue weighted by Gasteiger charge is -2.25. The number of ketones is 1. The monoisotopic (exact) mass is 505 g/mol. The Bertz CT molecular complexity index is 990. The molecule has 0 aliphatic heterocycles. The van der Waals surface area contributed by atoms with Crippen LogP contribution in [0.1, 0.15) is 50.0 Å². The SMILES string of the molecule is CCOC(=O)/C=C/[C@H](CC(C)=O)NC(=O)[C@H](CO)NC(=O)[C@@H](NC(=O)c1cccc(O)c1C)C(C)C. The molecule has 0 radical (unpaired) electrons. The number of phenolic OH excluding ortho intramolecular Hbond substituents is 1. The Labute approximate surface area is 210 Å². The van der Waals surface area contributed by atoms with Crippen LogP contribution in [-0.2, 0) is 23.9 Å². The van der Waals surface area contributed by atoms with E-state index in [1.165, 1.54) is 31.2 Å². The van der Waals surface area contributed by atoms with Gasteiger partial charge in [0.25, 0.3) is 5.91 Å². The third-order valence-electron chi connectivity index (χ3n) is 5.19. The summed E-state index contributed by atoms with van der Waals surface area (Å²) in [6.45, 7) is 7.29. The van der Waals surface area contributed by atoms with Gasteiger partial charge in [-0.25, -0.2) is 4.79 Å². The summed E-state index contributed by atoms with van der Waals surface area (Å²) in [5.74, 6) is -3.45. The number of carbonyl (C=O) groups excluding carboxylic acids is 5. The van der Waals surface area contributed by atoms with Crippen LogP contribution in [0.25, 0.3) is 0 Å². The molecule has 36 heavy (non-hydrogen) atoms. The summed E-state index contributed by atoms with van der Waals surface area (Å²) in [5.41, 5.74) is 0.531. The summed E-state index contributed by atoms with van der Waals surface area (Å²) < 4.78 is 4.78. The standard InChI is InChI=1S/C25H35N3O8/c1-6-36-21(32)11-10-17(12-15(4)30)26-24(34)19(13-29)27-25(35)22(14(2)3)28-23(33)18-8-7-9-20(31)16(18)5/h7-11,14,17,19,22,29,31H,6,12-13H2,1-5H3,(H,26,34)(H,27,35)(H,28,33)/b11-10+/t17-,19+,22+/m1/s1. The summed E-state index contributed by atoms with van der Waals surface area (Å²) in [7, 11) is 0. The first-order chi connectivity index (χ1) is 16.9. The molecule has 0 bridgehead atoms. The number of ether oxygens (including phenoxy) is 1. The molecule has 11 nitrogen and oxygen atoms in total. The Hall–Kier alpha value is -3.73. The zero-order valence-corrected chi connectivity index (χ0v) is 21.2. The molecule has 0 fully saturated rings. The Morgan fingerprint density at radius 3 is 2.28 bits per heavy atom. The number of amides is 3. The molecule has 1 aromatic carbocycles. The molecule has 1 aromatic rings. The molecule has 11 heteroatoms. The number of Topliss-reactive ketones (excluding diaryl/α,β-unsaturated/α-hetero) is 1. The van der Waals surface area contributed by atoms with Gasteiger partial charge in [0, 0.05) is 23.6 Å². The smallest absolute Gasteiger partial charge is 0.330 e. The third-order valence-corrected chi connectivity index (χ3v) is 5.19. The minimum Gasteiger partial charge on any atom is -0.508 e. The third kappa shape index (κ3) is 9.49. The fraction of sp³-hybridized carbons (Fsp3) is 0.480. The van der Waals surface area contributed by atoms with Gasteiger partial charge >= 0.3 is 5.97 Å². The van der Waals surface area contributed by atoms with E-state index in [9.17, 15) is 34.2 Å². The second-order valence-electron chi connectivity index (χ2n) is 8.52. The maximum atomic E-state index is 12.9. The van der Waals surface area contributed by atoms with Crippen LogP contribution in [-0.4, -0.2) is 71.0 Å². The maximum absolute atomic E-state index is 12.9. The lowest BCUT2D eigenvalue weighted by Crippen LogP contribution is -2.57. The molecular formula is C25H35N3O8. The number of aliphatic hydroxyl groups excluding tert-OH is 1. The Kier molecular flexibility index (Phi) is 12.3. The molecule has 1 rings (SSSR count). The van der Waals surface area contributed by atoms with E-state index in [4.69, 9.17) is 4.74 Å². The van der Waals surface area contributed by atoms with Gasteiger partial charge in [-0.3, -0.25) is 19.2 Å². The minimum absolute atomic E-state index is 0.0673. The number of esters is 1. The van der Waals surface area contributed by atoms with E-state index in [0.717, 1.165) is 6.08 Å². The Balaban J connectivity index is 2.95. The van der Waals surface area contributed by atoms with Crippen molar-refractivity contribution >= 4 is 29.5 Å². The van der Waals surface area contributed by atoms with Crippen LogP contribution in [0, 0.1) is 12.8 Å². The van der Waals surface area contributed by atoms with Gasteiger partial charge in [0.2, 0.25) is 11.8 Å². The van der Waals surface area contributed by atoms with Crippen molar-refractivity contribution in [3.8, 4) is 5.75 Å². The van der Waals surface area contributed by atoms with Crippen molar-refractivity contribution in [1.29, 1.82) is 0 Å². The number of carbonyl (C=O) groups is 5. The first-order valence-electron chi connectivity index (χ1n) is 11.6. The van der Waals surface area contributed by atoms with Gasteiger partial charge in [-0.15, -0.1) is 0 Å². The van der Waals surface area contributed by atoms with Crippen LogP contribution in [0.5, 0.6) is 5.75 Å². The van der Waals surface area contributed by atoms with Crippen molar-refractivity contribution < 1.29 is 38.9 Å². The number of rotatable bonds is 13. The molecule has 0 spiro atoms. The fourth-order valence-electron chi connectivity index (χ4n) is 3.22. The molecule has 0 aliphatic rings. The summed E-state index contributed by atoms with van der Waals surface area (Å²) >= 11 is 0. The normalized spacial score (nSPS) is 13.5. The number of nitrogens with one attached hydrogen (secondary N) is 3. The van der Waals surface area contributed by atoms with Gasteiger partial charge in [-0.05, 0) is 38.8 Å². The molecular weight excluding hydrogens is 470 g/mol. The molecule has 3 atom stereocenters. The number of aliphatic hydroxyl groups is 1. The highest BCUT2D eigenvalue weighted by molar-refractivity contribution is 6.00. The van der Waals surface area contributed by atoms with E-state index < -0.39 is 48.4 Å². The summed E-state index contributed by atoms with van der Waals surface area (Å²) in [4.78, 5) is 61.5. The zero-order chi connectivity index (χ0) is 27.4. The maximum Gasteiger partial charge on any atom is 0.330 e. The number of aromatic hydroxyl groups is 1. The molecule has 198 valence electrons. The van der Waals surface area contributed by atoms with E-state index >= 15 is 0 Å². The summed E-state index contributed by atoms with van der Waals surface area (Å²) in [5, 5.41) is 27.1. The van der Waals surface area contributed by atoms with E-state index in [-0.39, 0.29) is 36.0 Å². The van der Waals surface area contributed by atoms with Crippen molar-refractivity contribution in [3.05, 3.63) is 41.5 Å². The molecule has 0 saturated heterocycles. The first-order valence-corrected chi connectivity index (χ1v) is 11.6. The van der Waals surface area contributed by atoms with Gasteiger partial charge in [0.05, 0.1) is 19.3 Å². The predicted molar refractivity (Wildman–Crippen MR) is 131 cm³/mol. The largest absolute Gasteiger partial charge is 0.508 e. The second kappa shape index (κ2) is 14.6. The van der Waals surface area contributed by atoms with E-state index in [1.54, 1.807) is 27.7 Å². The number of phenols is 1. The van der Waals surface area contributed by atoms with Crippen molar-refractivity contribution in [1.82, 2.24) is 16.0 Å². The molecule has 5 N–H and O–H groups in total. The lowest BCUT2D eigenvalue weighted by atomic mass is 10.0. The van der Waals surface area contributed by atoms with Gasteiger partial charge in [0.15, 0.2) is 0 Å². The highest BCUT2D eigenvalue weighted by atomic mass is 16.5. The number of benzene rings is 1. The van der Waals surface area contributed by atoms with Gasteiger partial charge in [-0.2, -0.15) is 0 Å². The molecule has 0 saturated carbocycles. The first kappa shape index (κ1) is 30.3. The summed E-state index contributed by atoms with van der Waals surface area (Å²) in [6.07, 6.45) is 2.25. The number of hydrogen-bond acceptors (Lipinski definition) is 8. The lowest BCUT2D eigenvalue weighted by molar-refractivity contribution is -0.137. The zero-order valence-electron chi connectivity index (χ0n) is 21.2. The Morgan fingerprint density at radius 2 is 1.72 bits per heavy atom. The van der Waals surface area contributed by atoms with Crippen molar-refractivity contribution in [2.75, 3.05) is 13.2 Å². The molecule has 0 aromatic heterocycles.